The highest BCUT2D eigenvalue weighted by atomic mass is 32.2. The first kappa shape index (κ1) is 19.6. The summed E-state index contributed by atoms with van der Waals surface area (Å²) in [7, 11) is 3.07. The monoisotopic (exact) mass is 428 g/mol. The predicted molar refractivity (Wildman–Crippen MR) is 107 cm³/mol. The number of carboxylic acids is 1. The smallest absolute Gasteiger partial charge is 0.342 e. The first-order valence-corrected chi connectivity index (χ1v) is 9.47. The second-order valence-corrected chi connectivity index (χ2v) is 7.00. The zero-order valence-electron chi connectivity index (χ0n) is 15.9. The number of thioether (sulfide) groups is 1. The van der Waals surface area contributed by atoms with Crippen LogP contribution in [0.2, 0.25) is 0 Å². The molecule has 10 heteroatoms. The summed E-state index contributed by atoms with van der Waals surface area (Å²) in [6, 6.07) is 10.3. The molecule has 0 bridgehead atoms. The molecule has 0 spiro atoms. The number of benzene rings is 2. The van der Waals surface area contributed by atoms with Gasteiger partial charge in [0.15, 0.2) is 11.5 Å². The van der Waals surface area contributed by atoms with Gasteiger partial charge in [0, 0.05) is 11.6 Å². The van der Waals surface area contributed by atoms with Crippen molar-refractivity contribution < 1.29 is 33.3 Å². The Kier molecular flexibility index (Phi) is 5.48. The maximum atomic E-state index is 11.7. The number of nitrogens with zero attached hydrogens (tertiary/aromatic N) is 2. The summed E-state index contributed by atoms with van der Waals surface area (Å²) in [6.07, 6.45) is 1.49. The third-order valence-corrected chi connectivity index (χ3v) is 4.96. The quantitative estimate of drug-likeness (QED) is 0.441. The van der Waals surface area contributed by atoms with E-state index in [0.29, 0.717) is 34.1 Å². The molecule has 0 unspecified atom stereocenters. The van der Waals surface area contributed by atoms with Gasteiger partial charge in [-0.2, -0.15) is 0 Å². The molecular formula is C20H16N2O7S. The van der Waals surface area contributed by atoms with Crippen molar-refractivity contribution in [2.75, 3.05) is 21.0 Å². The van der Waals surface area contributed by atoms with Crippen molar-refractivity contribution in [3.05, 3.63) is 46.9 Å². The van der Waals surface area contributed by atoms with E-state index >= 15 is 0 Å². The van der Waals surface area contributed by atoms with E-state index in [9.17, 15) is 9.90 Å². The summed E-state index contributed by atoms with van der Waals surface area (Å²) in [4.78, 5) is 11.7. The molecule has 0 aliphatic carbocycles. The highest BCUT2D eigenvalue weighted by molar-refractivity contribution is 8.03. The highest BCUT2D eigenvalue weighted by Gasteiger charge is 2.18. The van der Waals surface area contributed by atoms with Crippen LogP contribution in [0.15, 0.2) is 50.9 Å². The number of aliphatic carboxylic acids is 1. The van der Waals surface area contributed by atoms with Crippen LogP contribution in [0.25, 0.3) is 17.5 Å². The minimum Gasteiger partial charge on any atom is -0.497 e. The van der Waals surface area contributed by atoms with Gasteiger partial charge in [0.2, 0.25) is 12.7 Å². The lowest BCUT2D eigenvalue weighted by molar-refractivity contribution is -0.131. The fraction of sp³-hybridized carbons (Fsp3) is 0.150. The minimum atomic E-state index is -1.12. The van der Waals surface area contributed by atoms with Crippen LogP contribution in [0.5, 0.6) is 23.0 Å². The van der Waals surface area contributed by atoms with E-state index < -0.39 is 5.97 Å². The molecule has 0 radical (unpaired) electrons. The molecule has 9 nitrogen and oxygen atoms in total. The van der Waals surface area contributed by atoms with Crippen LogP contribution in [-0.2, 0) is 4.79 Å². The van der Waals surface area contributed by atoms with E-state index in [-0.39, 0.29) is 22.8 Å². The Bertz CT molecular complexity index is 1100. The van der Waals surface area contributed by atoms with E-state index in [1.54, 1.807) is 36.4 Å². The Morgan fingerprint density at radius 2 is 1.80 bits per heavy atom. The van der Waals surface area contributed by atoms with E-state index in [1.807, 2.05) is 0 Å². The van der Waals surface area contributed by atoms with Gasteiger partial charge in [0.1, 0.15) is 16.4 Å². The Morgan fingerprint density at radius 1 is 1.07 bits per heavy atom. The summed E-state index contributed by atoms with van der Waals surface area (Å²) < 4.78 is 26.7. The molecular weight excluding hydrogens is 412 g/mol. The summed E-state index contributed by atoms with van der Waals surface area (Å²) in [6.45, 7) is 0.142. The van der Waals surface area contributed by atoms with Gasteiger partial charge in [-0.05, 0) is 47.7 Å². The van der Waals surface area contributed by atoms with Crippen molar-refractivity contribution >= 4 is 23.8 Å². The molecule has 0 saturated heterocycles. The third kappa shape index (κ3) is 4.18. The molecule has 4 rings (SSSR count). The van der Waals surface area contributed by atoms with Gasteiger partial charge in [-0.1, -0.05) is 6.07 Å². The topological polar surface area (TPSA) is 113 Å². The second-order valence-electron chi connectivity index (χ2n) is 6.00. The van der Waals surface area contributed by atoms with Gasteiger partial charge < -0.3 is 28.5 Å². The van der Waals surface area contributed by atoms with Crippen LogP contribution in [0, 0.1) is 0 Å². The minimum absolute atomic E-state index is 0.00675. The fourth-order valence-electron chi connectivity index (χ4n) is 2.68. The molecule has 30 heavy (non-hydrogen) atoms. The Balaban J connectivity index is 1.59. The maximum Gasteiger partial charge on any atom is 0.342 e. The highest BCUT2D eigenvalue weighted by Crippen LogP contribution is 2.36. The first-order valence-electron chi connectivity index (χ1n) is 8.65. The van der Waals surface area contributed by atoms with Crippen molar-refractivity contribution in [1.29, 1.82) is 0 Å². The third-order valence-electron chi connectivity index (χ3n) is 4.11. The van der Waals surface area contributed by atoms with Crippen LogP contribution in [0.1, 0.15) is 5.56 Å². The van der Waals surface area contributed by atoms with E-state index in [4.69, 9.17) is 23.4 Å². The van der Waals surface area contributed by atoms with Gasteiger partial charge in [0.25, 0.3) is 5.22 Å². The molecule has 1 aliphatic heterocycles. The lowest BCUT2D eigenvalue weighted by atomic mass is 10.2. The van der Waals surface area contributed by atoms with E-state index in [2.05, 4.69) is 10.2 Å². The molecule has 0 fully saturated rings. The van der Waals surface area contributed by atoms with Crippen LogP contribution in [-0.4, -0.2) is 42.3 Å². The molecule has 3 aromatic rings. The van der Waals surface area contributed by atoms with Gasteiger partial charge in [-0.3, -0.25) is 0 Å². The average Bonchev–Trinajstić information content (AvgIpc) is 3.41. The largest absolute Gasteiger partial charge is 0.497 e. The van der Waals surface area contributed by atoms with Crippen molar-refractivity contribution in [3.8, 4) is 34.5 Å². The van der Waals surface area contributed by atoms with Gasteiger partial charge in [0.05, 0.1) is 14.2 Å². The number of fused-ring (bicyclic) bond motifs is 1. The van der Waals surface area contributed by atoms with Crippen LogP contribution < -0.4 is 18.9 Å². The summed E-state index contributed by atoms with van der Waals surface area (Å²) in [5.41, 5.74) is 1.23. The summed E-state index contributed by atoms with van der Waals surface area (Å²) >= 11 is 0.847. The SMILES string of the molecule is COc1cc(OC)cc(-c2nnc(S/C(=C\c3ccc4c(c3)OCO4)C(=O)O)o2)c1. The molecule has 154 valence electrons. The number of carbonyl (C=O) groups is 1. The van der Waals surface area contributed by atoms with Crippen molar-refractivity contribution in [3.63, 3.8) is 0 Å². The average molecular weight is 428 g/mol. The molecule has 1 aliphatic rings. The predicted octanol–water partition coefficient (Wildman–Crippen LogP) is 3.70. The number of aromatic nitrogens is 2. The molecule has 0 atom stereocenters. The second kappa shape index (κ2) is 8.37. The molecule has 1 N–H and O–H groups in total. The normalized spacial score (nSPS) is 12.7. The van der Waals surface area contributed by atoms with Crippen molar-refractivity contribution in [2.24, 2.45) is 0 Å². The zero-order chi connectivity index (χ0) is 21.1. The van der Waals surface area contributed by atoms with Crippen molar-refractivity contribution in [1.82, 2.24) is 10.2 Å². The number of carboxylic acid groups (broad SMARTS) is 1. The van der Waals surface area contributed by atoms with Crippen molar-refractivity contribution in [2.45, 2.75) is 5.22 Å². The molecule has 2 heterocycles. The van der Waals surface area contributed by atoms with E-state index in [1.165, 1.54) is 20.3 Å². The fourth-order valence-corrected chi connectivity index (χ4v) is 3.35. The lowest BCUT2D eigenvalue weighted by Gasteiger charge is -2.05. The van der Waals surface area contributed by atoms with Crippen LogP contribution in [0.4, 0.5) is 0 Å². The number of rotatable bonds is 7. The Morgan fingerprint density at radius 3 is 2.50 bits per heavy atom. The summed E-state index contributed by atoms with van der Waals surface area (Å²) in [5, 5.41) is 17.6. The van der Waals surface area contributed by atoms with Gasteiger partial charge >= 0.3 is 5.97 Å². The van der Waals surface area contributed by atoms with Crippen LogP contribution in [0.3, 0.4) is 0 Å². The lowest BCUT2D eigenvalue weighted by Crippen LogP contribution is -1.96. The first-order chi connectivity index (χ1) is 14.6. The Labute approximate surface area is 175 Å². The zero-order valence-corrected chi connectivity index (χ0v) is 16.8. The number of methoxy groups -OCH3 is 2. The Hall–Kier alpha value is -3.66. The summed E-state index contributed by atoms with van der Waals surface area (Å²) in [5.74, 6) is 1.39. The maximum absolute atomic E-state index is 11.7. The molecule has 1 aromatic heterocycles. The number of hydrogen-bond acceptors (Lipinski definition) is 9. The standard InChI is InChI=1S/C20H16N2O7S/c1-25-13-7-12(8-14(9-13)26-2)18-21-22-20(29-18)30-17(19(23)24)6-11-3-4-15-16(5-11)28-10-27-15/h3-9H,10H2,1-2H3,(H,23,24)/b17-6-. The van der Waals surface area contributed by atoms with Crippen LogP contribution >= 0.6 is 11.8 Å². The number of ether oxygens (including phenoxy) is 4. The number of hydrogen-bond donors (Lipinski definition) is 1. The molecule has 0 amide bonds. The molecule has 2 aromatic carbocycles. The van der Waals surface area contributed by atoms with Gasteiger partial charge in [-0.25, -0.2) is 4.79 Å². The van der Waals surface area contributed by atoms with Gasteiger partial charge in [-0.15, -0.1) is 10.2 Å². The van der Waals surface area contributed by atoms with E-state index in [0.717, 1.165) is 11.8 Å². The molecule has 0 saturated carbocycles.